The number of aromatic amines is 1. The van der Waals surface area contributed by atoms with Gasteiger partial charge in [0.2, 0.25) is 0 Å². The molecule has 0 bridgehead atoms. The van der Waals surface area contributed by atoms with E-state index in [0.717, 1.165) is 17.0 Å². The van der Waals surface area contributed by atoms with Crippen LogP contribution < -0.4 is 5.73 Å². The first-order valence-corrected chi connectivity index (χ1v) is 5.88. The van der Waals surface area contributed by atoms with Crippen LogP contribution in [0.2, 0.25) is 0 Å². The summed E-state index contributed by atoms with van der Waals surface area (Å²) in [5.41, 5.74) is 7.46. The van der Waals surface area contributed by atoms with Gasteiger partial charge in [0.25, 0.3) is 0 Å². The van der Waals surface area contributed by atoms with Crippen LogP contribution in [-0.2, 0) is 7.05 Å². The molecular formula is C11H13N7S. The van der Waals surface area contributed by atoms with Gasteiger partial charge >= 0.3 is 0 Å². The summed E-state index contributed by atoms with van der Waals surface area (Å²) in [5.74, 6) is 1.08. The van der Waals surface area contributed by atoms with Crippen molar-refractivity contribution < 1.29 is 0 Å². The van der Waals surface area contributed by atoms with Crippen LogP contribution in [-0.4, -0.2) is 27.6 Å². The molecule has 1 heterocycles. The summed E-state index contributed by atoms with van der Waals surface area (Å²) in [6, 6.07) is 7.48. The van der Waals surface area contributed by atoms with Crippen molar-refractivity contribution >= 4 is 18.1 Å². The molecule has 7 nitrogen and oxygen atoms in total. The molecule has 0 saturated carbocycles. The van der Waals surface area contributed by atoms with E-state index >= 15 is 0 Å². The Morgan fingerprint density at radius 3 is 2.58 bits per heavy atom. The molecule has 2 aromatic rings. The van der Waals surface area contributed by atoms with Crippen LogP contribution in [0.1, 0.15) is 5.56 Å². The van der Waals surface area contributed by atoms with Crippen LogP contribution in [0.4, 0.5) is 0 Å². The van der Waals surface area contributed by atoms with Crippen LogP contribution in [0.25, 0.3) is 11.4 Å². The summed E-state index contributed by atoms with van der Waals surface area (Å²) in [7, 11) is 3.39. The highest BCUT2D eigenvalue weighted by Crippen LogP contribution is 2.16. The highest BCUT2D eigenvalue weighted by Gasteiger charge is 2.06. The topological polar surface area (TPSA) is 96.7 Å². The van der Waals surface area contributed by atoms with Gasteiger partial charge in [-0.2, -0.15) is 10.2 Å². The Hall–Kier alpha value is -2.35. The van der Waals surface area contributed by atoms with E-state index in [0.29, 0.717) is 10.6 Å². The number of hydrogen-bond donors (Lipinski definition) is 2. The Balaban J connectivity index is 2.34. The fourth-order valence-electron chi connectivity index (χ4n) is 1.55. The maximum absolute atomic E-state index is 5.76. The van der Waals surface area contributed by atoms with Crippen molar-refractivity contribution in [3.8, 4) is 11.4 Å². The summed E-state index contributed by atoms with van der Waals surface area (Å²) < 4.78 is 2.37. The zero-order valence-electron chi connectivity index (χ0n) is 10.5. The Morgan fingerprint density at radius 1 is 1.37 bits per heavy atom. The lowest BCUT2D eigenvalue weighted by molar-refractivity contribution is 0.902. The third-order valence-corrected chi connectivity index (χ3v) is 2.93. The molecule has 0 atom stereocenters. The number of hydrogen-bond acceptors (Lipinski definition) is 4. The molecule has 0 aliphatic carbocycles. The largest absolute Gasteiger partial charge is 0.382 e. The van der Waals surface area contributed by atoms with Crippen LogP contribution in [0.3, 0.4) is 0 Å². The normalized spacial score (nSPS) is 12.2. The van der Waals surface area contributed by atoms with Gasteiger partial charge in [-0.25, -0.2) is 0 Å². The van der Waals surface area contributed by atoms with Crippen molar-refractivity contribution in [2.75, 3.05) is 7.05 Å². The smallest absolute Gasteiger partial charge is 0.195 e. The number of amidine groups is 1. The van der Waals surface area contributed by atoms with Crippen molar-refractivity contribution in [2.24, 2.45) is 28.2 Å². The predicted octanol–water partition coefficient (Wildman–Crippen LogP) is 1.85. The third-order valence-electron chi connectivity index (χ3n) is 2.56. The molecule has 8 heteroatoms. The quantitative estimate of drug-likeness (QED) is 0.294. The van der Waals surface area contributed by atoms with Crippen molar-refractivity contribution in [2.45, 2.75) is 0 Å². The second-order valence-electron chi connectivity index (χ2n) is 3.76. The van der Waals surface area contributed by atoms with Crippen molar-refractivity contribution in [1.82, 2.24) is 14.8 Å². The van der Waals surface area contributed by atoms with Gasteiger partial charge in [0, 0.05) is 18.2 Å². The summed E-state index contributed by atoms with van der Waals surface area (Å²) in [6.07, 6.45) is 0. The first-order chi connectivity index (χ1) is 9.13. The summed E-state index contributed by atoms with van der Waals surface area (Å²) in [4.78, 5) is 0. The molecule has 98 valence electrons. The molecule has 0 radical (unpaired) electrons. The van der Waals surface area contributed by atoms with Gasteiger partial charge in [0.1, 0.15) is 0 Å². The summed E-state index contributed by atoms with van der Waals surface area (Å²) in [5, 5.41) is 17.7. The van der Waals surface area contributed by atoms with E-state index in [1.54, 1.807) is 4.57 Å². The summed E-state index contributed by atoms with van der Waals surface area (Å²) in [6.45, 7) is 0. The van der Waals surface area contributed by atoms with E-state index in [1.165, 1.54) is 7.05 Å². The maximum atomic E-state index is 5.76. The van der Waals surface area contributed by atoms with Gasteiger partial charge < -0.3 is 10.3 Å². The van der Waals surface area contributed by atoms with Crippen molar-refractivity contribution in [3.05, 3.63) is 34.6 Å². The van der Waals surface area contributed by atoms with Gasteiger partial charge in [-0.1, -0.05) is 24.3 Å². The van der Waals surface area contributed by atoms with Gasteiger partial charge in [-0.15, -0.1) is 5.10 Å². The van der Waals surface area contributed by atoms with Gasteiger partial charge in [-0.05, 0) is 17.4 Å². The van der Waals surface area contributed by atoms with Crippen molar-refractivity contribution in [1.29, 1.82) is 0 Å². The average Bonchev–Trinajstić information content (AvgIpc) is 2.76. The van der Waals surface area contributed by atoms with E-state index < -0.39 is 0 Å². The number of aromatic nitrogens is 3. The van der Waals surface area contributed by atoms with E-state index in [-0.39, 0.29) is 0 Å². The average molecular weight is 275 g/mol. The number of rotatable bonds is 3. The Morgan fingerprint density at radius 2 is 2.05 bits per heavy atom. The molecule has 2 rings (SSSR count). The number of H-pyrrole nitrogens is 1. The predicted molar refractivity (Wildman–Crippen MR) is 75.3 cm³/mol. The minimum atomic E-state index is 0.313. The molecule has 3 N–H and O–H groups in total. The monoisotopic (exact) mass is 275 g/mol. The highest BCUT2D eigenvalue weighted by molar-refractivity contribution is 7.71. The highest BCUT2D eigenvalue weighted by atomic mass is 32.1. The van der Waals surface area contributed by atoms with Gasteiger partial charge in [0.15, 0.2) is 16.4 Å². The van der Waals surface area contributed by atoms with E-state index in [9.17, 15) is 0 Å². The van der Waals surface area contributed by atoms with Crippen LogP contribution in [0, 0.1) is 4.77 Å². The molecule has 0 spiro atoms. The summed E-state index contributed by atoms with van der Waals surface area (Å²) >= 11 is 5.07. The molecule has 1 aromatic heterocycles. The SMILES string of the molecule is CN=N/N=C(\N)c1ccc(-c2n[nH]c(=S)n2C)cc1. The third kappa shape index (κ3) is 2.74. The van der Waals surface area contributed by atoms with E-state index in [2.05, 4.69) is 25.6 Å². The molecular weight excluding hydrogens is 262 g/mol. The Labute approximate surface area is 114 Å². The molecule has 0 aliphatic rings. The first-order valence-electron chi connectivity index (χ1n) is 5.48. The van der Waals surface area contributed by atoms with Gasteiger partial charge in [0.05, 0.1) is 7.05 Å². The van der Waals surface area contributed by atoms with E-state index in [1.807, 2.05) is 31.3 Å². The zero-order valence-corrected chi connectivity index (χ0v) is 11.3. The molecule has 0 saturated heterocycles. The molecule has 19 heavy (non-hydrogen) atoms. The maximum Gasteiger partial charge on any atom is 0.195 e. The Kier molecular flexibility index (Phi) is 3.81. The first kappa shape index (κ1) is 13.1. The second kappa shape index (κ2) is 5.53. The molecule has 0 fully saturated rings. The minimum Gasteiger partial charge on any atom is -0.382 e. The van der Waals surface area contributed by atoms with Crippen LogP contribution >= 0.6 is 12.2 Å². The zero-order chi connectivity index (χ0) is 13.8. The molecule has 0 aliphatic heterocycles. The minimum absolute atomic E-state index is 0.313. The number of benzene rings is 1. The molecule has 0 amide bonds. The number of nitrogens with zero attached hydrogens (tertiary/aromatic N) is 5. The fourth-order valence-corrected chi connectivity index (χ4v) is 1.68. The van der Waals surface area contributed by atoms with Crippen LogP contribution in [0.5, 0.6) is 0 Å². The van der Waals surface area contributed by atoms with Crippen molar-refractivity contribution in [3.63, 3.8) is 0 Å². The second-order valence-corrected chi connectivity index (χ2v) is 4.15. The number of nitrogens with two attached hydrogens (primary N) is 1. The van der Waals surface area contributed by atoms with Crippen LogP contribution in [0.15, 0.2) is 39.7 Å². The lowest BCUT2D eigenvalue weighted by Gasteiger charge is -2.02. The Bertz CT molecular complexity index is 678. The van der Waals surface area contributed by atoms with E-state index in [4.69, 9.17) is 18.0 Å². The van der Waals surface area contributed by atoms with Gasteiger partial charge in [-0.3, -0.25) is 5.10 Å². The lowest BCUT2D eigenvalue weighted by atomic mass is 10.1. The fraction of sp³-hybridized carbons (Fsp3) is 0.182. The lowest BCUT2D eigenvalue weighted by Crippen LogP contribution is -2.12. The molecule has 0 unspecified atom stereocenters. The number of nitrogens with one attached hydrogen (secondary N) is 1. The standard InChI is InChI=1S/C11H13N7S/c1-13-17-14-9(12)7-3-5-8(6-4-7)10-15-16-11(19)18(10)2/h3-6H,1-2H3,(H,16,19)(H2,12,13,14). The molecule has 1 aromatic carbocycles.